The SMILES string of the molecule is CCNC(=O)COc1cccc(CNC(=O)C(C)CN)c1.Cl. The van der Waals surface area contributed by atoms with Gasteiger partial charge in [-0.3, -0.25) is 9.59 Å². The van der Waals surface area contributed by atoms with Crippen molar-refractivity contribution in [3.63, 3.8) is 0 Å². The summed E-state index contributed by atoms with van der Waals surface area (Å²) in [5, 5.41) is 5.46. The van der Waals surface area contributed by atoms with E-state index in [1.807, 2.05) is 19.1 Å². The predicted molar refractivity (Wildman–Crippen MR) is 87.9 cm³/mol. The van der Waals surface area contributed by atoms with Gasteiger partial charge in [0, 0.05) is 25.6 Å². The van der Waals surface area contributed by atoms with E-state index >= 15 is 0 Å². The molecule has 0 saturated heterocycles. The molecule has 1 unspecified atom stereocenters. The molecule has 1 atom stereocenters. The summed E-state index contributed by atoms with van der Waals surface area (Å²) in [6.07, 6.45) is 0. The van der Waals surface area contributed by atoms with Gasteiger partial charge < -0.3 is 21.1 Å². The average molecular weight is 330 g/mol. The fourth-order valence-corrected chi connectivity index (χ4v) is 1.61. The van der Waals surface area contributed by atoms with Crippen LogP contribution in [0.25, 0.3) is 0 Å². The van der Waals surface area contributed by atoms with E-state index < -0.39 is 0 Å². The van der Waals surface area contributed by atoms with Gasteiger partial charge in [-0.25, -0.2) is 0 Å². The van der Waals surface area contributed by atoms with Gasteiger partial charge in [0.1, 0.15) is 5.75 Å². The Morgan fingerprint density at radius 3 is 2.68 bits per heavy atom. The second-order valence-corrected chi connectivity index (χ2v) is 4.74. The van der Waals surface area contributed by atoms with E-state index in [-0.39, 0.29) is 36.7 Å². The summed E-state index contributed by atoms with van der Waals surface area (Å²) in [5.41, 5.74) is 6.34. The molecule has 0 aliphatic heterocycles. The van der Waals surface area contributed by atoms with Gasteiger partial charge >= 0.3 is 0 Å². The molecule has 6 nitrogen and oxygen atoms in total. The van der Waals surface area contributed by atoms with Crippen LogP contribution in [0.2, 0.25) is 0 Å². The molecule has 0 bridgehead atoms. The van der Waals surface area contributed by atoms with E-state index in [0.29, 0.717) is 25.4 Å². The molecule has 1 aromatic carbocycles. The molecule has 0 aliphatic carbocycles. The molecular weight excluding hydrogens is 306 g/mol. The van der Waals surface area contributed by atoms with Crippen LogP contribution in [-0.4, -0.2) is 31.5 Å². The summed E-state index contributed by atoms with van der Waals surface area (Å²) >= 11 is 0. The van der Waals surface area contributed by atoms with Crippen molar-refractivity contribution < 1.29 is 14.3 Å². The molecule has 0 radical (unpaired) electrons. The van der Waals surface area contributed by atoms with Crippen LogP contribution in [0.5, 0.6) is 5.75 Å². The minimum absolute atomic E-state index is 0. The quantitative estimate of drug-likeness (QED) is 0.658. The molecule has 0 aliphatic rings. The van der Waals surface area contributed by atoms with Crippen LogP contribution in [0.15, 0.2) is 24.3 Å². The number of likely N-dealkylation sites (N-methyl/N-ethyl adjacent to an activating group) is 1. The zero-order valence-electron chi connectivity index (χ0n) is 12.9. The molecule has 0 fully saturated rings. The second-order valence-electron chi connectivity index (χ2n) is 4.74. The van der Waals surface area contributed by atoms with Crippen molar-refractivity contribution >= 4 is 24.2 Å². The summed E-state index contributed by atoms with van der Waals surface area (Å²) in [4.78, 5) is 23.0. The Balaban J connectivity index is 0.00000441. The van der Waals surface area contributed by atoms with Crippen molar-refractivity contribution in [2.45, 2.75) is 20.4 Å². The van der Waals surface area contributed by atoms with Gasteiger partial charge in [0.05, 0.1) is 0 Å². The molecule has 22 heavy (non-hydrogen) atoms. The molecule has 1 aromatic rings. The summed E-state index contributed by atoms with van der Waals surface area (Å²) < 4.78 is 5.39. The molecular formula is C15H24ClN3O3. The predicted octanol–water partition coefficient (Wildman–Crippen LogP) is 0.834. The van der Waals surface area contributed by atoms with Crippen LogP contribution < -0.4 is 21.1 Å². The highest BCUT2D eigenvalue weighted by Crippen LogP contribution is 2.13. The Hall–Kier alpha value is -1.79. The number of rotatable bonds is 8. The van der Waals surface area contributed by atoms with Crippen molar-refractivity contribution in [1.82, 2.24) is 10.6 Å². The number of hydrogen-bond donors (Lipinski definition) is 3. The molecule has 0 spiro atoms. The Kier molecular flexibility index (Phi) is 9.98. The third kappa shape index (κ3) is 7.28. The Labute approximate surface area is 137 Å². The zero-order valence-corrected chi connectivity index (χ0v) is 13.7. The summed E-state index contributed by atoms with van der Waals surface area (Å²) in [6, 6.07) is 7.27. The van der Waals surface area contributed by atoms with Crippen LogP contribution in [0, 0.1) is 5.92 Å². The normalized spacial score (nSPS) is 11.0. The molecule has 0 heterocycles. The van der Waals surface area contributed by atoms with E-state index in [4.69, 9.17) is 10.5 Å². The number of benzene rings is 1. The lowest BCUT2D eigenvalue weighted by Crippen LogP contribution is -2.32. The lowest BCUT2D eigenvalue weighted by molar-refractivity contribution is -0.124. The van der Waals surface area contributed by atoms with Crippen LogP contribution in [0.4, 0.5) is 0 Å². The van der Waals surface area contributed by atoms with E-state index in [1.54, 1.807) is 19.1 Å². The standard InChI is InChI=1S/C15H23N3O3.ClH/c1-3-17-14(19)10-21-13-6-4-5-12(7-13)9-18-15(20)11(2)8-16;/h4-7,11H,3,8-10,16H2,1-2H3,(H,17,19)(H,18,20);1H. The Morgan fingerprint density at radius 2 is 2.05 bits per heavy atom. The summed E-state index contributed by atoms with van der Waals surface area (Å²) in [5.74, 6) is 0.154. The maximum atomic E-state index is 11.6. The molecule has 0 saturated carbocycles. The van der Waals surface area contributed by atoms with Crippen LogP contribution in [0.3, 0.4) is 0 Å². The summed E-state index contributed by atoms with van der Waals surface area (Å²) in [7, 11) is 0. The number of nitrogens with one attached hydrogen (secondary N) is 2. The van der Waals surface area contributed by atoms with Gasteiger partial charge in [0.2, 0.25) is 5.91 Å². The van der Waals surface area contributed by atoms with Crippen LogP contribution in [-0.2, 0) is 16.1 Å². The van der Waals surface area contributed by atoms with E-state index in [9.17, 15) is 9.59 Å². The van der Waals surface area contributed by atoms with Gasteiger partial charge in [-0.15, -0.1) is 12.4 Å². The molecule has 2 amide bonds. The highest BCUT2D eigenvalue weighted by Gasteiger charge is 2.10. The number of carbonyl (C=O) groups excluding carboxylic acids is 2. The maximum Gasteiger partial charge on any atom is 0.257 e. The minimum atomic E-state index is -0.206. The van der Waals surface area contributed by atoms with Crippen molar-refractivity contribution in [2.75, 3.05) is 19.7 Å². The van der Waals surface area contributed by atoms with E-state index in [0.717, 1.165) is 5.56 Å². The lowest BCUT2D eigenvalue weighted by Gasteiger charge is -2.11. The van der Waals surface area contributed by atoms with Gasteiger partial charge in [-0.2, -0.15) is 0 Å². The monoisotopic (exact) mass is 329 g/mol. The van der Waals surface area contributed by atoms with Crippen LogP contribution in [0.1, 0.15) is 19.4 Å². The van der Waals surface area contributed by atoms with Gasteiger partial charge in [-0.05, 0) is 24.6 Å². The van der Waals surface area contributed by atoms with Gasteiger partial charge in [0.25, 0.3) is 5.91 Å². The number of carbonyl (C=O) groups is 2. The van der Waals surface area contributed by atoms with Crippen LogP contribution >= 0.6 is 12.4 Å². The minimum Gasteiger partial charge on any atom is -0.484 e. The molecule has 0 aromatic heterocycles. The van der Waals surface area contributed by atoms with E-state index in [1.165, 1.54) is 0 Å². The summed E-state index contributed by atoms with van der Waals surface area (Å²) in [6.45, 7) is 4.91. The third-order valence-electron chi connectivity index (χ3n) is 2.91. The lowest BCUT2D eigenvalue weighted by atomic mass is 10.1. The first-order valence-corrected chi connectivity index (χ1v) is 7.03. The van der Waals surface area contributed by atoms with Gasteiger partial charge in [-0.1, -0.05) is 19.1 Å². The highest BCUT2D eigenvalue weighted by molar-refractivity contribution is 5.85. The number of nitrogens with two attached hydrogens (primary N) is 1. The fraction of sp³-hybridized carbons (Fsp3) is 0.467. The largest absolute Gasteiger partial charge is 0.484 e. The third-order valence-corrected chi connectivity index (χ3v) is 2.91. The van der Waals surface area contributed by atoms with Crippen molar-refractivity contribution in [2.24, 2.45) is 11.7 Å². The average Bonchev–Trinajstić information content (AvgIpc) is 2.50. The number of ether oxygens (including phenoxy) is 1. The Morgan fingerprint density at radius 1 is 1.32 bits per heavy atom. The second kappa shape index (κ2) is 10.9. The fourth-order valence-electron chi connectivity index (χ4n) is 1.61. The van der Waals surface area contributed by atoms with Crippen molar-refractivity contribution in [3.8, 4) is 5.75 Å². The molecule has 4 N–H and O–H groups in total. The first-order valence-electron chi connectivity index (χ1n) is 7.03. The first-order chi connectivity index (χ1) is 10.1. The number of hydrogen-bond acceptors (Lipinski definition) is 4. The first kappa shape index (κ1) is 20.2. The zero-order chi connectivity index (χ0) is 15.7. The Bertz CT molecular complexity index is 483. The smallest absolute Gasteiger partial charge is 0.257 e. The highest BCUT2D eigenvalue weighted by atomic mass is 35.5. The van der Waals surface area contributed by atoms with E-state index in [2.05, 4.69) is 10.6 Å². The maximum absolute atomic E-state index is 11.6. The van der Waals surface area contributed by atoms with Crippen molar-refractivity contribution in [3.05, 3.63) is 29.8 Å². The van der Waals surface area contributed by atoms with Crippen molar-refractivity contribution in [1.29, 1.82) is 0 Å². The molecule has 1 rings (SSSR count). The molecule has 7 heteroatoms. The number of halogens is 1. The number of amides is 2. The molecule has 124 valence electrons. The topological polar surface area (TPSA) is 93.5 Å². The van der Waals surface area contributed by atoms with Gasteiger partial charge in [0.15, 0.2) is 6.61 Å².